The van der Waals surface area contributed by atoms with Gasteiger partial charge in [0, 0.05) is 12.1 Å². The van der Waals surface area contributed by atoms with Crippen molar-refractivity contribution < 1.29 is 4.92 Å². The van der Waals surface area contributed by atoms with Crippen LogP contribution in [0.5, 0.6) is 0 Å². The summed E-state index contributed by atoms with van der Waals surface area (Å²) in [5.41, 5.74) is 1.23. The zero-order valence-corrected chi connectivity index (χ0v) is 8.69. The van der Waals surface area contributed by atoms with Gasteiger partial charge in [0.15, 0.2) is 0 Å². The van der Waals surface area contributed by atoms with E-state index in [2.05, 4.69) is 8.94 Å². The summed E-state index contributed by atoms with van der Waals surface area (Å²) in [6.45, 7) is 0. The fraction of sp³-hybridized carbons (Fsp3) is 0.125. The normalized spacial score (nSPS) is 11.1. The molecule has 0 N–H and O–H groups in total. The maximum Gasteiger partial charge on any atom is 0.269 e. The van der Waals surface area contributed by atoms with E-state index in [9.17, 15) is 10.1 Å². The van der Waals surface area contributed by atoms with Crippen LogP contribution in [0.2, 0.25) is 0 Å². The SMILES string of the molecule is CI=Cc1ccc([N+](=O)[O-])cc1. The minimum Gasteiger partial charge on any atom is -0.258 e. The third-order valence-corrected chi connectivity index (χ3v) is 2.68. The molecule has 0 saturated carbocycles. The van der Waals surface area contributed by atoms with Gasteiger partial charge in [-0.05, 0) is 26.6 Å². The van der Waals surface area contributed by atoms with E-state index in [1.165, 1.54) is 12.1 Å². The monoisotopic (exact) mass is 277 g/mol. The van der Waals surface area contributed by atoms with Crippen LogP contribution in [0.15, 0.2) is 24.3 Å². The molecule has 0 aliphatic carbocycles. The smallest absolute Gasteiger partial charge is 0.258 e. The Balaban J connectivity index is 2.93. The van der Waals surface area contributed by atoms with E-state index in [1.54, 1.807) is 12.1 Å². The van der Waals surface area contributed by atoms with Crippen LogP contribution in [0.3, 0.4) is 0 Å². The lowest BCUT2D eigenvalue weighted by Gasteiger charge is -1.91. The van der Waals surface area contributed by atoms with Crippen LogP contribution in [-0.4, -0.2) is 13.9 Å². The molecular weight excluding hydrogens is 269 g/mol. The second kappa shape index (κ2) is 4.30. The lowest BCUT2D eigenvalue weighted by molar-refractivity contribution is -0.384. The average Bonchev–Trinajstić information content (AvgIpc) is 2.06. The molecule has 0 spiro atoms. The lowest BCUT2D eigenvalue weighted by atomic mass is 10.2. The Morgan fingerprint density at radius 2 is 2.00 bits per heavy atom. The van der Waals surface area contributed by atoms with E-state index in [-0.39, 0.29) is 31.3 Å². The summed E-state index contributed by atoms with van der Waals surface area (Å²) in [4.78, 5) is 12.0. The largest absolute Gasteiger partial charge is 0.269 e. The minimum absolute atomic E-state index is 0.108. The van der Waals surface area contributed by atoms with Gasteiger partial charge in [0.25, 0.3) is 5.69 Å². The Hall–Kier alpha value is -0.780. The first-order valence-electron chi connectivity index (χ1n) is 3.29. The van der Waals surface area contributed by atoms with Crippen LogP contribution in [0.4, 0.5) is 5.69 Å². The Morgan fingerprint density at radius 3 is 2.42 bits per heavy atom. The number of halogens is 1. The number of nitro groups is 1. The zero-order chi connectivity index (χ0) is 8.97. The first-order chi connectivity index (χ1) is 5.74. The van der Waals surface area contributed by atoms with E-state index in [0.717, 1.165) is 5.56 Å². The van der Waals surface area contributed by atoms with Gasteiger partial charge in [0.2, 0.25) is 0 Å². The summed E-state index contributed by atoms with van der Waals surface area (Å²) < 4.78 is 2.13. The van der Waals surface area contributed by atoms with Crippen LogP contribution in [0.1, 0.15) is 5.56 Å². The van der Waals surface area contributed by atoms with E-state index in [0.29, 0.717) is 0 Å². The fourth-order valence-electron chi connectivity index (χ4n) is 0.795. The summed E-state index contributed by atoms with van der Waals surface area (Å²) in [6, 6.07) is 6.62. The van der Waals surface area contributed by atoms with Crippen molar-refractivity contribution in [2.75, 3.05) is 4.93 Å². The van der Waals surface area contributed by atoms with E-state index >= 15 is 0 Å². The third kappa shape index (κ3) is 2.37. The molecule has 3 nitrogen and oxygen atoms in total. The number of nitro benzene ring substituents is 1. The molecule has 0 aromatic heterocycles. The van der Waals surface area contributed by atoms with Gasteiger partial charge in [-0.1, -0.05) is 0 Å². The van der Waals surface area contributed by atoms with Gasteiger partial charge in [-0.2, -0.15) is 0 Å². The fourth-order valence-corrected chi connectivity index (χ4v) is 1.93. The van der Waals surface area contributed by atoms with E-state index < -0.39 is 0 Å². The minimum atomic E-state index is -0.384. The van der Waals surface area contributed by atoms with Gasteiger partial charge < -0.3 is 0 Å². The molecule has 0 unspecified atom stereocenters. The number of hydrogen-bond acceptors (Lipinski definition) is 2. The lowest BCUT2D eigenvalue weighted by Crippen LogP contribution is -1.87. The maximum atomic E-state index is 10.3. The standard InChI is InChI=1S/C8H8INO2/c1-9-6-7-2-4-8(5-3-7)10(11)12/h2-6H,1H3. The van der Waals surface area contributed by atoms with Crippen LogP contribution in [-0.2, 0) is 0 Å². The molecule has 0 atom stereocenters. The number of nitrogens with zero attached hydrogens (tertiary/aromatic N) is 1. The van der Waals surface area contributed by atoms with Gasteiger partial charge in [-0.15, -0.1) is 20.7 Å². The highest BCUT2D eigenvalue weighted by Crippen LogP contribution is 2.11. The molecule has 0 radical (unpaired) electrons. The third-order valence-electron chi connectivity index (χ3n) is 1.34. The summed E-state index contributed by atoms with van der Waals surface area (Å²) in [5, 5.41) is 10.3. The first kappa shape index (κ1) is 9.31. The van der Waals surface area contributed by atoms with Crippen LogP contribution in [0.25, 0.3) is 0 Å². The Morgan fingerprint density at radius 1 is 1.42 bits per heavy atom. The predicted molar refractivity (Wildman–Crippen MR) is 58.2 cm³/mol. The Bertz CT molecular complexity index is 305. The molecule has 1 rings (SSSR count). The molecule has 1 aromatic carbocycles. The molecule has 12 heavy (non-hydrogen) atoms. The summed E-state index contributed by atoms with van der Waals surface area (Å²) >= 11 is 0.108. The second-order valence-corrected chi connectivity index (χ2v) is 4.04. The topological polar surface area (TPSA) is 43.1 Å². The Kier molecular flexibility index (Phi) is 3.33. The molecule has 0 bridgehead atoms. The number of hydrogen-bond donors (Lipinski definition) is 0. The predicted octanol–water partition coefficient (Wildman–Crippen LogP) is 2.35. The molecule has 0 saturated heterocycles. The number of rotatable bonds is 2. The quantitative estimate of drug-likeness (QED) is 0.360. The van der Waals surface area contributed by atoms with Crippen molar-refractivity contribution in [3.05, 3.63) is 39.9 Å². The molecule has 0 fully saturated rings. The highest BCUT2D eigenvalue weighted by atomic mass is 127. The molecule has 4 heteroatoms. The van der Waals surface area contributed by atoms with Crippen molar-refractivity contribution >= 4 is 30.4 Å². The molecular formula is C8H8INO2. The molecule has 0 aliphatic heterocycles. The summed E-state index contributed by atoms with van der Waals surface area (Å²) in [6.07, 6.45) is 0. The zero-order valence-electron chi connectivity index (χ0n) is 6.53. The van der Waals surface area contributed by atoms with Gasteiger partial charge in [0.1, 0.15) is 0 Å². The van der Waals surface area contributed by atoms with Gasteiger partial charge in [0.05, 0.1) is 4.92 Å². The van der Waals surface area contributed by atoms with Crippen molar-refractivity contribution in [1.29, 1.82) is 0 Å². The summed E-state index contributed by atoms with van der Waals surface area (Å²) in [5.74, 6) is 0. The molecule has 1 aromatic rings. The van der Waals surface area contributed by atoms with Crippen LogP contribution < -0.4 is 0 Å². The van der Waals surface area contributed by atoms with E-state index in [4.69, 9.17) is 0 Å². The van der Waals surface area contributed by atoms with Crippen LogP contribution in [0, 0.1) is 10.1 Å². The van der Waals surface area contributed by atoms with Gasteiger partial charge in [-0.25, -0.2) is 0 Å². The van der Waals surface area contributed by atoms with Crippen molar-refractivity contribution in [2.45, 2.75) is 0 Å². The van der Waals surface area contributed by atoms with E-state index in [1.807, 2.05) is 0 Å². The maximum absolute atomic E-state index is 10.3. The number of non-ortho nitro benzene ring substituents is 1. The molecule has 64 valence electrons. The molecule has 0 heterocycles. The number of alkyl halides is 1. The van der Waals surface area contributed by atoms with Gasteiger partial charge >= 0.3 is 0 Å². The average molecular weight is 277 g/mol. The highest BCUT2D eigenvalue weighted by molar-refractivity contribution is 14.2. The van der Waals surface area contributed by atoms with Crippen LogP contribution >= 0.6 is 20.7 Å². The highest BCUT2D eigenvalue weighted by Gasteiger charge is 2.01. The number of benzene rings is 1. The van der Waals surface area contributed by atoms with Crippen molar-refractivity contribution in [2.24, 2.45) is 0 Å². The van der Waals surface area contributed by atoms with Gasteiger partial charge in [-0.3, -0.25) is 10.1 Å². The van der Waals surface area contributed by atoms with Crippen molar-refractivity contribution in [1.82, 2.24) is 0 Å². The second-order valence-electron chi connectivity index (χ2n) is 2.18. The first-order valence-corrected chi connectivity index (χ1v) is 6.70. The molecule has 0 amide bonds. The van der Waals surface area contributed by atoms with Crippen molar-refractivity contribution in [3.63, 3.8) is 0 Å². The molecule has 0 aliphatic rings. The van der Waals surface area contributed by atoms with Crippen molar-refractivity contribution in [3.8, 4) is 0 Å². The Labute approximate surface area is 80.3 Å². The summed E-state index contributed by atoms with van der Waals surface area (Å²) in [7, 11) is 0.